The zero-order valence-electron chi connectivity index (χ0n) is 8.20. The summed E-state index contributed by atoms with van der Waals surface area (Å²) in [5, 5.41) is 8.88. The Hall–Kier alpha value is -1.12. The Bertz CT molecular complexity index is 378. The third kappa shape index (κ3) is 3.18. The normalized spacial score (nSPS) is 9.73. The van der Waals surface area contributed by atoms with E-state index in [1.807, 2.05) is 6.19 Å². The van der Waals surface area contributed by atoms with E-state index < -0.39 is 0 Å². The van der Waals surface area contributed by atoms with Crippen molar-refractivity contribution in [1.82, 2.24) is 0 Å². The number of anilines is 1. The molecule has 0 spiro atoms. The zero-order chi connectivity index (χ0) is 11.3. The molecule has 1 rings (SSSR count). The van der Waals surface area contributed by atoms with Gasteiger partial charge in [0.2, 0.25) is 0 Å². The molecule has 0 aromatic heterocycles. The topological polar surface area (TPSA) is 36.3 Å². The molecule has 0 N–H and O–H groups in total. The van der Waals surface area contributed by atoms with Crippen LogP contribution in [0.3, 0.4) is 0 Å². The van der Waals surface area contributed by atoms with Crippen LogP contribution in [0, 0.1) is 17.3 Å². The summed E-state index contributed by atoms with van der Waals surface area (Å²) in [6.45, 7) is 0.896. The lowest BCUT2D eigenvalue weighted by Gasteiger charge is -2.15. The molecule has 1 aromatic carbocycles. The van der Waals surface area contributed by atoms with Gasteiger partial charge in [0.25, 0.3) is 0 Å². The molecular formula is C10H10BrFN2O. The molecule has 0 saturated heterocycles. The Morgan fingerprint density at radius 3 is 2.87 bits per heavy atom. The fourth-order valence-electron chi connectivity index (χ4n) is 1.07. The molecule has 3 nitrogen and oxygen atoms in total. The van der Waals surface area contributed by atoms with Crippen LogP contribution in [0.5, 0.6) is 0 Å². The number of rotatable bonds is 4. The van der Waals surface area contributed by atoms with Gasteiger partial charge in [0.15, 0.2) is 6.19 Å². The number of hydrogen-bond acceptors (Lipinski definition) is 3. The molecule has 80 valence electrons. The fraction of sp³-hybridized carbons (Fsp3) is 0.300. The molecule has 0 unspecified atom stereocenters. The first-order chi connectivity index (χ1) is 7.19. The summed E-state index contributed by atoms with van der Waals surface area (Å²) in [7, 11) is 1.57. The van der Waals surface area contributed by atoms with Gasteiger partial charge in [-0.3, -0.25) is 4.90 Å². The van der Waals surface area contributed by atoms with Gasteiger partial charge in [-0.25, -0.2) is 4.39 Å². The molecule has 0 aliphatic heterocycles. The maximum absolute atomic E-state index is 12.9. The molecule has 15 heavy (non-hydrogen) atoms. The third-order valence-electron chi connectivity index (χ3n) is 1.85. The van der Waals surface area contributed by atoms with E-state index >= 15 is 0 Å². The van der Waals surface area contributed by atoms with E-state index in [1.165, 1.54) is 11.0 Å². The highest BCUT2D eigenvalue weighted by Gasteiger charge is 2.07. The maximum Gasteiger partial charge on any atom is 0.184 e. The minimum absolute atomic E-state index is 0.344. The van der Waals surface area contributed by atoms with Gasteiger partial charge in [-0.1, -0.05) is 0 Å². The number of benzene rings is 1. The number of halogens is 2. The smallest absolute Gasteiger partial charge is 0.184 e. The second kappa shape index (κ2) is 5.69. The first kappa shape index (κ1) is 12.0. The molecule has 5 heteroatoms. The molecule has 1 aromatic rings. The highest BCUT2D eigenvalue weighted by atomic mass is 79.9. The molecular weight excluding hydrogens is 263 g/mol. The van der Waals surface area contributed by atoms with Crippen LogP contribution in [0.4, 0.5) is 10.1 Å². The van der Waals surface area contributed by atoms with Crippen molar-refractivity contribution in [1.29, 1.82) is 5.26 Å². The number of ether oxygens (including phenoxy) is 1. The van der Waals surface area contributed by atoms with Gasteiger partial charge in [0, 0.05) is 7.11 Å². The summed E-state index contributed by atoms with van der Waals surface area (Å²) in [6, 6.07) is 4.43. The molecule has 0 bridgehead atoms. The largest absolute Gasteiger partial charge is 0.383 e. The van der Waals surface area contributed by atoms with E-state index in [-0.39, 0.29) is 5.82 Å². The number of hydrogen-bond donors (Lipinski definition) is 0. The predicted molar refractivity (Wildman–Crippen MR) is 58.9 cm³/mol. The summed E-state index contributed by atoms with van der Waals surface area (Å²) in [4.78, 5) is 1.44. The molecule has 0 radical (unpaired) electrons. The molecule has 0 amide bonds. The Balaban J connectivity index is 2.84. The van der Waals surface area contributed by atoms with E-state index in [1.54, 1.807) is 19.2 Å². The van der Waals surface area contributed by atoms with Gasteiger partial charge in [-0.05, 0) is 34.1 Å². The van der Waals surface area contributed by atoms with Crippen molar-refractivity contribution < 1.29 is 9.13 Å². The maximum atomic E-state index is 12.9. The minimum Gasteiger partial charge on any atom is -0.383 e. The van der Waals surface area contributed by atoms with E-state index in [0.717, 1.165) is 0 Å². The quantitative estimate of drug-likeness (QED) is 0.624. The van der Waals surface area contributed by atoms with Crippen LogP contribution in [0.25, 0.3) is 0 Å². The molecule has 0 saturated carbocycles. The van der Waals surface area contributed by atoms with Crippen molar-refractivity contribution in [2.45, 2.75) is 0 Å². The number of methoxy groups -OCH3 is 1. The molecule has 0 aliphatic rings. The first-order valence-electron chi connectivity index (χ1n) is 4.30. The van der Waals surface area contributed by atoms with Crippen molar-refractivity contribution in [3.63, 3.8) is 0 Å². The van der Waals surface area contributed by atoms with Crippen molar-refractivity contribution in [3.05, 3.63) is 28.5 Å². The lowest BCUT2D eigenvalue weighted by atomic mass is 10.3. The minimum atomic E-state index is -0.344. The van der Waals surface area contributed by atoms with E-state index in [9.17, 15) is 4.39 Å². The Labute approximate surface area is 96.2 Å². The lowest BCUT2D eigenvalue weighted by molar-refractivity contribution is 0.207. The van der Waals surface area contributed by atoms with E-state index in [2.05, 4.69) is 15.9 Å². The van der Waals surface area contributed by atoms with Gasteiger partial charge in [0.05, 0.1) is 23.3 Å². The highest BCUT2D eigenvalue weighted by molar-refractivity contribution is 9.10. The van der Waals surface area contributed by atoms with Gasteiger partial charge < -0.3 is 4.74 Å². The summed E-state index contributed by atoms with van der Waals surface area (Å²) >= 11 is 3.07. The SMILES string of the molecule is COCCN(C#N)c1ccc(F)c(Br)c1. The summed E-state index contributed by atoms with van der Waals surface area (Å²) in [5.41, 5.74) is 0.642. The van der Waals surface area contributed by atoms with Crippen LogP contribution in [0.2, 0.25) is 0 Å². The van der Waals surface area contributed by atoms with Crippen LogP contribution in [-0.2, 0) is 4.74 Å². The van der Waals surface area contributed by atoms with Crippen LogP contribution in [0.15, 0.2) is 22.7 Å². The van der Waals surface area contributed by atoms with Crippen LogP contribution in [0.1, 0.15) is 0 Å². The predicted octanol–water partition coefficient (Wildman–Crippen LogP) is 2.52. The monoisotopic (exact) mass is 272 g/mol. The van der Waals surface area contributed by atoms with Crippen molar-refractivity contribution in [2.75, 3.05) is 25.2 Å². The van der Waals surface area contributed by atoms with Crippen molar-refractivity contribution in [2.24, 2.45) is 0 Å². The zero-order valence-corrected chi connectivity index (χ0v) is 9.79. The van der Waals surface area contributed by atoms with Gasteiger partial charge in [0.1, 0.15) is 5.82 Å². The number of nitrogens with zero attached hydrogens (tertiary/aromatic N) is 2. The second-order valence-corrected chi connectivity index (χ2v) is 3.70. The molecule has 0 aliphatic carbocycles. The second-order valence-electron chi connectivity index (χ2n) is 2.84. The average molecular weight is 273 g/mol. The number of nitriles is 1. The van der Waals surface area contributed by atoms with Crippen LogP contribution < -0.4 is 4.90 Å². The average Bonchev–Trinajstić information content (AvgIpc) is 2.24. The fourth-order valence-corrected chi connectivity index (χ4v) is 1.44. The van der Waals surface area contributed by atoms with E-state index in [4.69, 9.17) is 10.00 Å². The molecule has 0 atom stereocenters. The standard InChI is InChI=1S/C10H10BrFN2O/c1-15-5-4-14(7-13)8-2-3-10(12)9(11)6-8/h2-3,6H,4-5H2,1H3. The van der Waals surface area contributed by atoms with Gasteiger partial charge >= 0.3 is 0 Å². The summed E-state index contributed by atoms with van der Waals surface area (Å²) < 4.78 is 18.2. The Morgan fingerprint density at radius 2 is 2.33 bits per heavy atom. The van der Waals surface area contributed by atoms with Crippen LogP contribution in [-0.4, -0.2) is 20.3 Å². The lowest BCUT2D eigenvalue weighted by Crippen LogP contribution is -2.21. The highest BCUT2D eigenvalue weighted by Crippen LogP contribution is 2.22. The van der Waals surface area contributed by atoms with Gasteiger partial charge in [-0.15, -0.1) is 0 Å². The summed E-state index contributed by atoms with van der Waals surface area (Å²) in [6.07, 6.45) is 2.01. The Morgan fingerprint density at radius 1 is 1.60 bits per heavy atom. The third-order valence-corrected chi connectivity index (χ3v) is 2.46. The van der Waals surface area contributed by atoms with Gasteiger partial charge in [-0.2, -0.15) is 5.26 Å². The van der Waals surface area contributed by atoms with Crippen molar-refractivity contribution >= 4 is 21.6 Å². The van der Waals surface area contributed by atoms with E-state index in [0.29, 0.717) is 23.3 Å². The van der Waals surface area contributed by atoms with Crippen LogP contribution >= 0.6 is 15.9 Å². The Kier molecular flexibility index (Phi) is 4.53. The summed E-state index contributed by atoms with van der Waals surface area (Å²) in [5.74, 6) is -0.344. The first-order valence-corrected chi connectivity index (χ1v) is 5.09. The molecule has 0 fully saturated rings. The molecule has 0 heterocycles. The van der Waals surface area contributed by atoms with Crippen molar-refractivity contribution in [3.8, 4) is 6.19 Å².